The third-order valence-corrected chi connectivity index (χ3v) is 5.13. The average molecular weight is 425 g/mol. The molecule has 3 aromatic rings. The maximum Gasteiger partial charge on any atom is 0.142 e. The predicted molar refractivity (Wildman–Crippen MR) is 121 cm³/mol. The summed E-state index contributed by atoms with van der Waals surface area (Å²) in [5.74, 6) is 1.21. The fraction of sp³-hybridized carbons (Fsp3) is 0.308. The van der Waals surface area contributed by atoms with E-state index in [9.17, 15) is 14.6 Å². The van der Waals surface area contributed by atoms with E-state index in [4.69, 9.17) is 9.52 Å². The first-order chi connectivity index (χ1) is 14.9. The van der Waals surface area contributed by atoms with Crippen molar-refractivity contribution in [2.45, 2.75) is 44.8 Å². The Morgan fingerprint density at radius 2 is 1.65 bits per heavy atom. The van der Waals surface area contributed by atoms with Gasteiger partial charge in [0.25, 0.3) is 0 Å². The van der Waals surface area contributed by atoms with Crippen molar-refractivity contribution in [2.75, 3.05) is 6.61 Å². The highest BCUT2D eigenvalue weighted by atomic mass is 19.1. The summed E-state index contributed by atoms with van der Waals surface area (Å²) >= 11 is 0. The maximum atomic E-state index is 13.6. The molecule has 0 aliphatic heterocycles. The molecule has 0 fully saturated rings. The van der Waals surface area contributed by atoms with Crippen molar-refractivity contribution in [2.24, 2.45) is 0 Å². The molecule has 164 valence electrons. The molecule has 0 unspecified atom stereocenters. The van der Waals surface area contributed by atoms with Gasteiger partial charge in [-0.15, -0.1) is 0 Å². The van der Waals surface area contributed by atoms with Crippen LogP contribution in [0.25, 0.3) is 28.5 Å². The lowest BCUT2D eigenvalue weighted by molar-refractivity contribution is 0.0827. The van der Waals surface area contributed by atoms with Gasteiger partial charge >= 0.3 is 0 Å². The van der Waals surface area contributed by atoms with Gasteiger partial charge in [0.15, 0.2) is 0 Å². The first-order valence-corrected chi connectivity index (χ1v) is 10.5. The summed E-state index contributed by atoms with van der Waals surface area (Å²) in [4.78, 5) is 0. The highest BCUT2D eigenvalue weighted by Crippen LogP contribution is 2.42. The molecule has 0 saturated carbocycles. The molecular weight excluding hydrogens is 395 g/mol. The van der Waals surface area contributed by atoms with Crippen molar-refractivity contribution in [3.05, 3.63) is 77.8 Å². The summed E-state index contributed by atoms with van der Waals surface area (Å²) < 4.78 is 19.9. The number of halogens is 1. The minimum atomic E-state index is -0.877. The Bertz CT molecular complexity index is 990. The highest BCUT2D eigenvalue weighted by Gasteiger charge is 2.23. The van der Waals surface area contributed by atoms with E-state index in [1.807, 2.05) is 44.2 Å². The van der Waals surface area contributed by atoms with Crippen LogP contribution in [0.15, 0.2) is 65.1 Å². The monoisotopic (exact) mass is 424 g/mol. The van der Waals surface area contributed by atoms with Crippen molar-refractivity contribution >= 4 is 6.08 Å². The van der Waals surface area contributed by atoms with Gasteiger partial charge in [0.1, 0.15) is 17.3 Å². The second kappa shape index (κ2) is 10.5. The first kappa shape index (κ1) is 22.9. The standard InChI is InChI=1S/C26H29FO4/c1-17(2)25-23(13-12-21(29)16-22(30)14-15-28)24(18-8-10-20(27)11-9-18)26(31-25)19-6-4-3-5-7-19/h3-13,17,21-22,28-30H,14-16H2,1-2H3/t21-,22+/m1/s1. The SMILES string of the molecule is CC(C)c1oc(-c2ccccc2)c(-c2ccc(F)cc2)c1C=C[C@@H](O)C[C@@H](O)CCO. The van der Waals surface area contributed by atoms with Crippen LogP contribution < -0.4 is 0 Å². The molecule has 0 aliphatic carbocycles. The molecule has 4 nitrogen and oxygen atoms in total. The Morgan fingerprint density at radius 3 is 2.26 bits per heavy atom. The van der Waals surface area contributed by atoms with Crippen molar-refractivity contribution in [1.29, 1.82) is 0 Å². The molecule has 0 bridgehead atoms. The van der Waals surface area contributed by atoms with Crippen LogP contribution in [0.4, 0.5) is 4.39 Å². The Hall–Kier alpha value is -2.73. The molecule has 3 N–H and O–H groups in total. The minimum absolute atomic E-state index is 0.0773. The molecule has 3 rings (SSSR count). The molecule has 0 aliphatic rings. The first-order valence-electron chi connectivity index (χ1n) is 10.5. The van der Waals surface area contributed by atoms with Crippen LogP contribution in [-0.2, 0) is 0 Å². The zero-order chi connectivity index (χ0) is 22.4. The number of hydrogen-bond donors (Lipinski definition) is 3. The van der Waals surface area contributed by atoms with Crippen molar-refractivity contribution < 1.29 is 24.1 Å². The number of furan rings is 1. The van der Waals surface area contributed by atoms with Crippen molar-refractivity contribution in [3.8, 4) is 22.5 Å². The van der Waals surface area contributed by atoms with Crippen LogP contribution in [-0.4, -0.2) is 34.1 Å². The van der Waals surface area contributed by atoms with Crippen LogP contribution in [0, 0.1) is 5.82 Å². The molecule has 0 radical (unpaired) electrons. The van der Waals surface area contributed by atoms with E-state index in [1.165, 1.54) is 12.1 Å². The quantitative estimate of drug-likeness (QED) is 0.431. The zero-order valence-corrected chi connectivity index (χ0v) is 17.8. The number of aliphatic hydroxyl groups excluding tert-OH is 3. The second-order valence-electron chi connectivity index (χ2n) is 7.94. The second-order valence-corrected chi connectivity index (χ2v) is 7.94. The molecule has 0 saturated heterocycles. The fourth-order valence-electron chi connectivity index (χ4n) is 3.58. The number of aliphatic hydroxyl groups is 3. The van der Waals surface area contributed by atoms with Crippen LogP contribution >= 0.6 is 0 Å². The molecule has 0 spiro atoms. The van der Waals surface area contributed by atoms with Gasteiger partial charge in [-0.1, -0.05) is 68.5 Å². The van der Waals surface area contributed by atoms with Gasteiger partial charge in [0, 0.05) is 35.6 Å². The Morgan fingerprint density at radius 1 is 0.968 bits per heavy atom. The van der Waals surface area contributed by atoms with E-state index < -0.39 is 12.2 Å². The largest absolute Gasteiger partial charge is 0.459 e. The molecule has 1 aromatic heterocycles. The lowest BCUT2D eigenvalue weighted by atomic mass is 9.94. The lowest BCUT2D eigenvalue weighted by Gasteiger charge is -2.12. The Balaban J connectivity index is 2.11. The Labute approximate surface area is 182 Å². The summed E-state index contributed by atoms with van der Waals surface area (Å²) in [7, 11) is 0. The molecule has 2 aromatic carbocycles. The van der Waals surface area contributed by atoms with E-state index in [2.05, 4.69) is 0 Å². The molecule has 5 heteroatoms. The summed E-state index contributed by atoms with van der Waals surface area (Å²) in [6.45, 7) is 3.92. The molecule has 1 heterocycles. The van der Waals surface area contributed by atoms with Gasteiger partial charge in [-0.05, 0) is 24.1 Å². The smallest absolute Gasteiger partial charge is 0.142 e. The van der Waals surface area contributed by atoms with E-state index in [0.717, 1.165) is 28.0 Å². The molecule has 0 amide bonds. The average Bonchev–Trinajstić information content (AvgIpc) is 3.13. The molecular formula is C26H29FO4. The van der Waals surface area contributed by atoms with Crippen LogP contribution in [0.1, 0.15) is 43.9 Å². The minimum Gasteiger partial charge on any atom is -0.459 e. The third kappa shape index (κ3) is 5.70. The van der Waals surface area contributed by atoms with Crippen LogP contribution in [0.2, 0.25) is 0 Å². The number of rotatable bonds is 9. The van der Waals surface area contributed by atoms with Crippen molar-refractivity contribution in [1.82, 2.24) is 0 Å². The van der Waals surface area contributed by atoms with Gasteiger partial charge in [-0.3, -0.25) is 0 Å². The van der Waals surface area contributed by atoms with Crippen LogP contribution in [0.3, 0.4) is 0 Å². The highest BCUT2D eigenvalue weighted by molar-refractivity contribution is 5.88. The summed E-state index contributed by atoms with van der Waals surface area (Å²) in [6.07, 6.45) is 2.11. The predicted octanol–water partition coefficient (Wildman–Crippen LogP) is 5.38. The van der Waals surface area contributed by atoms with Crippen molar-refractivity contribution in [3.63, 3.8) is 0 Å². The van der Waals surface area contributed by atoms with E-state index in [0.29, 0.717) is 5.76 Å². The maximum absolute atomic E-state index is 13.6. The van der Waals surface area contributed by atoms with Gasteiger partial charge in [0.2, 0.25) is 0 Å². The van der Waals surface area contributed by atoms with E-state index >= 15 is 0 Å². The lowest BCUT2D eigenvalue weighted by Crippen LogP contribution is -2.16. The van der Waals surface area contributed by atoms with Crippen LogP contribution in [0.5, 0.6) is 0 Å². The summed E-state index contributed by atoms with van der Waals surface area (Å²) in [6, 6.07) is 16.0. The third-order valence-electron chi connectivity index (χ3n) is 5.13. The van der Waals surface area contributed by atoms with E-state index in [1.54, 1.807) is 24.3 Å². The van der Waals surface area contributed by atoms with Gasteiger partial charge < -0.3 is 19.7 Å². The molecule has 2 atom stereocenters. The number of benzene rings is 2. The topological polar surface area (TPSA) is 73.8 Å². The fourth-order valence-corrected chi connectivity index (χ4v) is 3.58. The van der Waals surface area contributed by atoms with Gasteiger partial charge in [-0.25, -0.2) is 4.39 Å². The molecule has 31 heavy (non-hydrogen) atoms. The Kier molecular flexibility index (Phi) is 7.80. The van der Waals surface area contributed by atoms with Gasteiger partial charge in [0.05, 0.1) is 12.2 Å². The summed E-state index contributed by atoms with van der Waals surface area (Å²) in [5, 5.41) is 29.2. The normalized spacial score (nSPS) is 13.8. The summed E-state index contributed by atoms with van der Waals surface area (Å²) in [5.41, 5.74) is 3.36. The van der Waals surface area contributed by atoms with Gasteiger partial charge in [-0.2, -0.15) is 0 Å². The number of hydrogen-bond acceptors (Lipinski definition) is 4. The van der Waals surface area contributed by atoms with E-state index in [-0.39, 0.29) is 31.2 Å². The zero-order valence-electron chi connectivity index (χ0n) is 17.8.